The lowest BCUT2D eigenvalue weighted by molar-refractivity contribution is -0.115. The Kier molecular flexibility index (Phi) is 5.29. The molecule has 1 N–H and O–H groups in total. The number of nitrogens with zero attached hydrogens (tertiary/aromatic N) is 2. The van der Waals surface area contributed by atoms with E-state index in [0.29, 0.717) is 17.0 Å². The minimum atomic E-state index is -3.55. The molecule has 8 heteroatoms. The lowest BCUT2D eigenvalue weighted by Gasteiger charge is -2.21. The van der Waals surface area contributed by atoms with Crippen LogP contribution in [0.15, 0.2) is 57.9 Å². The SMILES string of the molecule is CC(C)N(C)S(=O)(=O)c1ccc(NC(=O)Cc2noc3ccccc23)cc1. The predicted octanol–water partition coefficient (Wildman–Crippen LogP) is 3.04. The van der Waals surface area contributed by atoms with Crippen molar-refractivity contribution in [3.63, 3.8) is 0 Å². The summed E-state index contributed by atoms with van der Waals surface area (Å²) < 4.78 is 31.4. The zero-order valence-electron chi connectivity index (χ0n) is 15.3. The second kappa shape index (κ2) is 7.50. The van der Waals surface area contributed by atoms with Gasteiger partial charge in [0.25, 0.3) is 0 Å². The number of carbonyl (C=O) groups excluding carboxylic acids is 1. The Balaban J connectivity index is 1.70. The molecule has 27 heavy (non-hydrogen) atoms. The maximum absolute atomic E-state index is 12.5. The second-order valence-electron chi connectivity index (χ2n) is 6.49. The summed E-state index contributed by atoms with van der Waals surface area (Å²) in [6, 6.07) is 13.3. The molecule has 0 atom stereocenters. The molecular formula is C19H21N3O4S. The maximum Gasteiger partial charge on any atom is 0.243 e. The topological polar surface area (TPSA) is 92.5 Å². The van der Waals surface area contributed by atoms with Crippen molar-refractivity contribution in [3.8, 4) is 0 Å². The van der Waals surface area contributed by atoms with Crippen LogP contribution >= 0.6 is 0 Å². The average Bonchev–Trinajstić information content (AvgIpc) is 3.04. The van der Waals surface area contributed by atoms with E-state index in [1.54, 1.807) is 32.0 Å². The van der Waals surface area contributed by atoms with Crippen molar-refractivity contribution in [2.75, 3.05) is 12.4 Å². The highest BCUT2D eigenvalue weighted by Crippen LogP contribution is 2.21. The van der Waals surface area contributed by atoms with Gasteiger partial charge in [0.2, 0.25) is 15.9 Å². The first-order valence-corrected chi connectivity index (χ1v) is 9.94. The summed E-state index contributed by atoms with van der Waals surface area (Å²) in [6.45, 7) is 3.61. The number of amides is 1. The van der Waals surface area contributed by atoms with E-state index in [-0.39, 0.29) is 23.3 Å². The molecule has 7 nitrogen and oxygen atoms in total. The van der Waals surface area contributed by atoms with Crippen LogP contribution in [0.5, 0.6) is 0 Å². The fourth-order valence-electron chi connectivity index (χ4n) is 2.58. The number of benzene rings is 2. The van der Waals surface area contributed by atoms with Crippen LogP contribution in [0, 0.1) is 0 Å². The predicted molar refractivity (Wildman–Crippen MR) is 103 cm³/mol. The molecule has 3 rings (SSSR count). The van der Waals surface area contributed by atoms with Crippen LogP contribution in [0.25, 0.3) is 11.0 Å². The number of rotatable bonds is 6. The fourth-order valence-corrected chi connectivity index (χ4v) is 3.94. The summed E-state index contributed by atoms with van der Waals surface area (Å²) in [6.07, 6.45) is 0.0626. The first-order valence-electron chi connectivity index (χ1n) is 8.50. The summed E-state index contributed by atoms with van der Waals surface area (Å²) in [7, 11) is -2.01. The Morgan fingerprint density at radius 1 is 1.15 bits per heavy atom. The molecule has 142 valence electrons. The van der Waals surface area contributed by atoms with Gasteiger partial charge in [-0.1, -0.05) is 17.3 Å². The molecular weight excluding hydrogens is 366 g/mol. The molecule has 0 saturated heterocycles. The maximum atomic E-state index is 12.5. The zero-order chi connectivity index (χ0) is 19.6. The number of fused-ring (bicyclic) bond motifs is 1. The van der Waals surface area contributed by atoms with Crippen molar-refractivity contribution in [2.45, 2.75) is 31.2 Å². The lowest BCUT2D eigenvalue weighted by Crippen LogP contribution is -2.33. The van der Waals surface area contributed by atoms with Crippen molar-refractivity contribution in [3.05, 3.63) is 54.2 Å². The second-order valence-corrected chi connectivity index (χ2v) is 8.49. The molecule has 1 heterocycles. The van der Waals surface area contributed by atoms with Crippen LogP contribution < -0.4 is 5.32 Å². The molecule has 3 aromatic rings. The Hall–Kier alpha value is -2.71. The Morgan fingerprint density at radius 2 is 1.81 bits per heavy atom. The Morgan fingerprint density at radius 3 is 2.48 bits per heavy atom. The van der Waals surface area contributed by atoms with E-state index in [2.05, 4.69) is 10.5 Å². The quantitative estimate of drug-likeness (QED) is 0.702. The van der Waals surface area contributed by atoms with Crippen molar-refractivity contribution in [1.29, 1.82) is 0 Å². The standard InChI is InChI=1S/C19H21N3O4S/c1-13(2)22(3)27(24,25)15-10-8-14(9-11-15)20-19(23)12-17-16-6-4-5-7-18(16)26-21-17/h4-11,13H,12H2,1-3H3,(H,20,23). The summed E-state index contributed by atoms with van der Waals surface area (Å²) in [5.41, 5.74) is 1.70. The molecule has 0 unspecified atom stereocenters. The highest BCUT2D eigenvalue weighted by Gasteiger charge is 2.23. The molecule has 1 aromatic heterocycles. The van der Waals surface area contributed by atoms with E-state index >= 15 is 0 Å². The number of para-hydroxylation sites is 1. The third-order valence-electron chi connectivity index (χ3n) is 4.32. The normalized spacial score (nSPS) is 12.0. The first kappa shape index (κ1) is 19.1. The van der Waals surface area contributed by atoms with Gasteiger partial charge in [0, 0.05) is 24.2 Å². The van der Waals surface area contributed by atoms with Crippen molar-refractivity contribution in [2.24, 2.45) is 0 Å². The molecule has 0 aliphatic rings. The monoisotopic (exact) mass is 387 g/mol. The van der Waals surface area contributed by atoms with E-state index in [1.807, 2.05) is 18.2 Å². The number of hydrogen-bond donors (Lipinski definition) is 1. The van der Waals surface area contributed by atoms with Crippen molar-refractivity contribution >= 4 is 32.6 Å². The Labute approximate surface area is 158 Å². The van der Waals surface area contributed by atoms with E-state index < -0.39 is 10.0 Å². The van der Waals surface area contributed by atoms with Gasteiger partial charge in [0.15, 0.2) is 5.58 Å². The number of aromatic nitrogens is 1. The van der Waals surface area contributed by atoms with Crippen LogP contribution in [0.3, 0.4) is 0 Å². The van der Waals surface area contributed by atoms with Crippen molar-refractivity contribution < 1.29 is 17.7 Å². The average molecular weight is 387 g/mol. The largest absolute Gasteiger partial charge is 0.356 e. The molecule has 0 spiro atoms. The summed E-state index contributed by atoms with van der Waals surface area (Å²) in [4.78, 5) is 12.5. The van der Waals surface area contributed by atoms with E-state index in [0.717, 1.165) is 5.39 Å². The molecule has 0 fully saturated rings. The van der Waals surface area contributed by atoms with E-state index in [1.165, 1.54) is 23.5 Å². The van der Waals surface area contributed by atoms with E-state index in [4.69, 9.17) is 4.52 Å². The molecule has 0 aliphatic carbocycles. The van der Waals surface area contributed by atoms with Crippen LogP contribution in [0.4, 0.5) is 5.69 Å². The minimum Gasteiger partial charge on any atom is -0.356 e. The Bertz CT molecular complexity index is 1060. The summed E-state index contributed by atoms with van der Waals surface area (Å²) in [5, 5.41) is 7.48. The van der Waals surface area contributed by atoms with Gasteiger partial charge in [-0.15, -0.1) is 0 Å². The number of sulfonamides is 1. The third-order valence-corrected chi connectivity index (χ3v) is 6.37. The van der Waals surface area contributed by atoms with Crippen LogP contribution in [0.1, 0.15) is 19.5 Å². The lowest BCUT2D eigenvalue weighted by atomic mass is 10.1. The molecule has 0 bridgehead atoms. The van der Waals surface area contributed by atoms with Gasteiger partial charge < -0.3 is 9.84 Å². The van der Waals surface area contributed by atoms with Gasteiger partial charge in [0.1, 0.15) is 5.69 Å². The molecule has 0 saturated carbocycles. The van der Waals surface area contributed by atoms with Crippen LogP contribution in [-0.4, -0.2) is 36.9 Å². The first-order chi connectivity index (χ1) is 12.8. The zero-order valence-corrected chi connectivity index (χ0v) is 16.2. The van der Waals surface area contributed by atoms with Gasteiger partial charge in [0.05, 0.1) is 11.3 Å². The third kappa shape index (κ3) is 4.01. The number of nitrogens with one attached hydrogen (secondary N) is 1. The highest BCUT2D eigenvalue weighted by atomic mass is 32.2. The van der Waals surface area contributed by atoms with Gasteiger partial charge in [-0.3, -0.25) is 4.79 Å². The van der Waals surface area contributed by atoms with Crippen LogP contribution in [-0.2, 0) is 21.2 Å². The van der Waals surface area contributed by atoms with Gasteiger partial charge in [-0.2, -0.15) is 4.31 Å². The summed E-state index contributed by atoms with van der Waals surface area (Å²) >= 11 is 0. The molecule has 1 amide bonds. The fraction of sp³-hybridized carbons (Fsp3) is 0.263. The van der Waals surface area contributed by atoms with Gasteiger partial charge in [-0.05, 0) is 50.2 Å². The number of anilines is 1. The molecule has 0 radical (unpaired) electrons. The molecule has 0 aliphatic heterocycles. The van der Waals surface area contributed by atoms with Gasteiger partial charge in [-0.25, -0.2) is 8.42 Å². The molecule has 2 aromatic carbocycles. The van der Waals surface area contributed by atoms with Crippen LogP contribution in [0.2, 0.25) is 0 Å². The highest BCUT2D eigenvalue weighted by molar-refractivity contribution is 7.89. The summed E-state index contributed by atoms with van der Waals surface area (Å²) in [5.74, 6) is -0.260. The van der Waals surface area contributed by atoms with Gasteiger partial charge >= 0.3 is 0 Å². The van der Waals surface area contributed by atoms with E-state index in [9.17, 15) is 13.2 Å². The number of carbonyl (C=O) groups is 1. The smallest absolute Gasteiger partial charge is 0.243 e. The van der Waals surface area contributed by atoms with Crippen molar-refractivity contribution in [1.82, 2.24) is 9.46 Å². The number of hydrogen-bond acceptors (Lipinski definition) is 5. The minimum absolute atomic E-state index is 0.0626.